The van der Waals surface area contributed by atoms with Gasteiger partial charge in [-0.2, -0.15) is 11.8 Å². The number of thioether (sulfide) groups is 1. The molecule has 2 heterocycles. The van der Waals surface area contributed by atoms with Gasteiger partial charge in [0.25, 0.3) is 0 Å². The number of hydrogen-bond acceptors (Lipinski definition) is 3. The molecule has 18 heavy (non-hydrogen) atoms. The lowest BCUT2D eigenvalue weighted by molar-refractivity contribution is 0.640. The molecule has 0 amide bonds. The Bertz CT molecular complexity index is 412. The summed E-state index contributed by atoms with van der Waals surface area (Å²) in [7, 11) is 0. The van der Waals surface area contributed by atoms with Gasteiger partial charge in [-0.3, -0.25) is 0 Å². The highest BCUT2D eigenvalue weighted by atomic mass is 35.5. The minimum absolute atomic E-state index is 0.470. The zero-order valence-corrected chi connectivity index (χ0v) is 12.1. The van der Waals surface area contributed by atoms with E-state index in [0.717, 1.165) is 5.82 Å². The molecule has 2 nitrogen and oxygen atoms in total. The van der Waals surface area contributed by atoms with Gasteiger partial charge in [-0.1, -0.05) is 30.9 Å². The molecule has 1 aliphatic heterocycles. The van der Waals surface area contributed by atoms with Crippen LogP contribution in [0.25, 0.3) is 0 Å². The van der Waals surface area contributed by atoms with Crippen molar-refractivity contribution in [3.05, 3.63) is 22.7 Å². The molecule has 4 heteroatoms. The normalized spacial score (nSPS) is 25.5. The standard InChI is InChI=1S/C14H19ClN2S/c15-13-9-11(10-5-1-2-6-10)16-14(17-13)12-7-3-4-8-18-12/h9-10,12H,1-8H2. The first-order chi connectivity index (χ1) is 8.83. The van der Waals surface area contributed by atoms with Crippen LogP contribution in [0.4, 0.5) is 0 Å². The topological polar surface area (TPSA) is 25.8 Å². The van der Waals surface area contributed by atoms with Crippen molar-refractivity contribution in [3.8, 4) is 0 Å². The first-order valence-corrected chi connectivity index (χ1v) is 8.41. The van der Waals surface area contributed by atoms with E-state index >= 15 is 0 Å². The molecule has 1 aromatic heterocycles. The summed E-state index contributed by atoms with van der Waals surface area (Å²) in [5, 5.41) is 1.10. The number of hydrogen-bond donors (Lipinski definition) is 0. The van der Waals surface area contributed by atoms with Crippen molar-refractivity contribution in [3.63, 3.8) is 0 Å². The molecule has 2 fully saturated rings. The van der Waals surface area contributed by atoms with Crippen LogP contribution < -0.4 is 0 Å². The smallest absolute Gasteiger partial charge is 0.143 e. The van der Waals surface area contributed by atoms with Crippen LogP contribution in [-0.4, -0.2) is 15.7 Å². The van der Waals surface area contributed by atoms with Crippen molar-refractivity contribution in [2.75, 3.05) is 5.75 Å². The van der Waals surface area contributed by atoms with Crippen molar-refractivity contribution in [1.29, 1.82) is 0 Å². The quantitative estimate of drug-likeness (QED) is 0.732. The highest BCUT2D eigenvalue weighted by Gasteiger charge is 2.23. The van der Waals surface area contributed by atoms with Gasteiger partial charge in [-0.05, 0) is 37.5 Å². The third kappa shape index (κ3) is 2.83. The minimum Gasteiger partial charge on any atom is -0.236 e. The summed E-state index contributed by atoms with van der Waals surface area (Å²) >= 11 is 8.18. The van der Waals surface area contributed by atoms with Crippen molar-refractivity contribution < 1.29 is 0 Å². The van der Waals surface area contributed by atoms with Gasteiger partial charge in [0.15, 0.2) is 0 Å². The predicted molar refractivity (Wildman–Crippen MR) is 77.3 cm³/mol. The summed E-state index contributed by atoms with van der Waals surface area (Å²) in [5.41, 5.74) is 1.19. The molecule has 1 unspecified atom stereocenters. The second kappa shape index (κ2) is 5.79. The van der Waals surface area contributed by atoms with Crippen molar-refractivity contribution in [1.82, 2.24) is 9.97 Å². The summed E-state index contributed by atoms with van der Waals surface area (Å²) in [6, 6.07) is 1.98. The van der Waals surface area contributed by atoms with Gasteiger partial charge in [-0.15, -0.1) is 0 Å². The molecule has 1 aliphatic carbocycles. The number of nitrogens with zero attached hydrogens (tertiary/aromatic N) is 2. The van der Waals surface area contributed by atoms with E-state index in [1.54, 1.807) is 0 Å². The van der Waals surface area contributed by atoms with E-state index in [0.29, 0.717) is 16.3 Å². The van der Waals surface area contributed by atoms with E-state index in [-0.39, 0.29) is 0 Å². The molecule has 0 bridgehead atoms. The molecule has 98 valence electrons. The fraction of sp³-hybridized carbons (Fsp3) is 0.714. The van der Waals surface area contributed by atoms with Crippen molar-refractivity contribution in [2.45, 2.75) is 56.1 Å². The Balaban J connectivity index is 1.84. The van der Waals surface area contributed by atoms with Crippen LogP contribution in [0.1, 0.15) is 67.6 Å². The first-order valence-electron chi connectivity index (χ1n) is 6.99. The molecule has 1 saturated carbocycles. The van der Waals surface area contributed by atoms with Gasteiger partial charge in [0, 0.05) is 11.6 Å². The van der Waals surface area contributed by atoms with Gasteiger partial charge in [0.2, 0.25) is 0 Å². The molecule has 0 aromatic carbocycles. The van der Waals surface area contributed by atoms with E-state index in [1.165, 1.54) is 56.4 Å². The second-order valence-corrected chi connectivity index (χ2v) is 7.01. The van der Waals surface area contributed by atoms with Crippen molar-refractivity contribution >= 4 is 23.4 Å². The average molecular weight is 283 g/mol. The summed E-state index contributed by atoms with van der Waals surface area (Å²) in [6.07, 6.45) is 9.04. The minimum atomic E-state index is 0.470. The summed E-state index contributed by atoms with van der Waals surface area (Å²) in [6.45, 7) is 0. The molecule has 1 aromatic rings. The Hall–Kier alpha value is -0.280. The average Bonchev–Trinajstić information content (AvgIpc) is 2.93. The van der Waals surface area contributed by atoms with E-state index in [4.69, 9.17) is 16.6 Å². The zero-order valence-electron chi connectivity index (χ0n) is 10.6. The van der Waals surface area contributed by atoms with Gasteiger partial charge >= 0.3 is 0 Å². The fourth-order valence-corrected chi connectivity index (χ4v) is 4.41. The Labute approximate surface area is 118 Å². The molecular formula is C14H19ClN2S. The number of rotatable bonds is 2. The summed E-state index contributed by atoms with van der Waals surface area (Å²) in [4.78, 5) is 9.29. The van der Waals surface area contributed by atoms with Gasteiger partial charge < -0.3 is 0 Å². The van der Waals surface area contributed by atoms with E-state index in [2.05, 4.69) is 4.98 Å². The van der Waals surface area contributed by atoms with Crippen LogP contribution in [0.2, 0.25) is 5.15 Å². The zero-order chi connectivity index (χ0) is 12.4. The number of aromatic nitrogens is 2. The van der Waals surface area contributed by atoms with Crippen LogP contribution >= 0.6 is 23.4 Å². The van der Waals surface area contributed by atoms with E-state index < -0.39 is 0 Å². The lowest BCUT2D eigenvalue weighted by atomic mass is 10.0. The first kappa shape index (κ1) is 12.7. The largest absolute Gasteiger partial charge is 0.236 e. The van der Waals surface area contributed by atoms with E-state index in [1.807, 2.05) is 17.8 Å². The van der Waals surface area contributed by atoms with Crippen LogP contribution in [-0.2, 0) is 0 Å². The second-order valence-electron chi connectivity index (χ2n) is 5.31. The molecule has 0 spiro atoms. The fourth-order valence-electron chi connectivity index (χ4n) is 2.97. The van der Waals surface area contributed by atoms with E-state index in [9.17, 15) is 0 Å². The molecule has 1 saturated heterocycles. The van der Waals surface area contributed by atoms with Gasteiger partial charge in [0.1, 0.15) is 11.0 Å². The lowest BCUT2D eigenvalue weighted by Gasteiger charge is -2.21. The van der Waals surface area contributed by atoms with Crippen LogP contribution in [0.3, 0.4) is 0 Å². The lowest BCUT2D eigenvalue weighted by Crippen LogP contribution is -2.09. The van der Waals surface area contributed by atoms with Gasteiger partial charge in [0.05, 0.1) is 5.25 Å². The van der Waals surface area contributed by atoms with Crippen LogP contribution in [0.15, 0.2) is 6.07 Å². The molecular weight excluding hydrogens is 264 g/mol. The maximum absolute atomic E-state index is 6.19. The Morgan fingerprint density at radius 3 is 2.56 bits per heavy atom. The summed E-state index contributed by atoms with van der Waals surface area (Å²) in [5.74, 6) is 2.84. The highest BCUT2D eigenvalue weighted by Crippen LogP contribution is 2.39. The summed E-state index contributed by atoms with van der Waals surface area (Å²) < 4.78 is 0. The Kier molecular flexibility index (Phi) is 4.10. The maximum atomic E-state index is 6.19. The highest BCUT2D eigenvalue weighted by molar-refractivity contribution is 7.99. The van der Waals surface area contributed by atoms with Gasteiger partial charge in [-0.25, -0.2) is 9.97 Å². The SMILES string of the molecule is Clc1cc(C2CCCC2)nc(C2CCCCS2)n1. The monoisotopic (exact) mass is 282 g/mol. The Morgan fingerprint density at radius 2 is 1.83 bits per heavy atom. The third-order valence-electron chi connectivity index (χ3n) is 3.97. The molecule has 1 atom stereocenters. The third-order valence-corrected chi connectivity index (χ3v) is 5.54. The Morgan fingerprint density at radius 1 is 1.06 bits per heavy atom. The molecule has 0 radical (unpaired) electrons. The molecule has 0 N–H and O–H groups in total. The molecule has 2 aliphatic rings. The van der Waals surface area contributed by atoms with Crippen LogP contribution in [0, 0.1) is 0 Å². The van der Waals surface area contributed by atoms with Crippen molar-refractivity contribution in [2.24, 2.45) is 0 Å². The maximum Gasteiger partial charge on any atom is 0.143 e. The predicted octanol–water partition coefficient (Wildman–Crippen LogP) is 4.75. The van der Waals surface area contributed by atoms with Crippen LogP contribution in [0.5, 0.6) is 0 Å². The molecule has 3 rings (SSSR count). The number of halogens is 1.